The van der Waals surface area contributed by atoms with Gasteiger partial charge in [-0.15, -0.1) is 10.2 Å². The lowest BCUT2D eigenvalue weighted by molar-refractivity contribution is -0.141. The SMILES string of the molecule is O=C(O)CSc1cc(C(F)(F)F)nn1-c1ccc(Cl)nn1. The molecule has 0 amide bonds. The zero-order valence-electron chi connectivity index (χ0n) is 10.0. The largest absolute Gasteiger partial charge is 0.481 e. The number of thioether (sulfide) groups is 1. The van der Waals surface area contributed by atoms with E-state index in [1.165, 1.54) is 12.1 Å². The fourth-order valence-electron chi connectivity index (χ4n) is 1.33. The van der Waals surface area contributed by atoms with Crippen LogP contribution >= 0.6 is 23.4 Å². The first-order valence-electron chi connectivity index (χ1n) is 5.29. The Morgan fingerprint density at radius 2 is 2.10 bits per heavy atom. The summed E-state index contributed by atoms with van der Waals surface area (Å²) in [5, 5.41) is 19.2. The van der Waals surface area contributed by atoms with Crippen molar-refractivity contribution in [1.82, 2.24) is 20.0 Å². The number of aliphatic carboxylic acids is 1. The summed E-state index contributed by atoms with van der Waals surface area (Å²) < 4.78 is 39.0. The van der Waals surface area contributed by atoms with Crippen LogP contribution in [0.5, 0.6) is 0 Å². The van der Waals surface area contributed by atoms with Gasteiger partial charge in [0.2, 0.25) is 0 Å². The van der Waals surface area contributed by atoms with Gasteiger partial charge in [0, 0.05) is 6.07 Å². The second-order valence-electron chi connectivity index (χ2n) is 3.67. The molecule has 2 rings (SSSR count). The van der Waals surface area contributed by atoms with Gasteiger partial charge in [-0.1, -0.05) is 23.4 Å². The van der Waals surface area contributed by atoms with E-state index in [0.717, 1.165) is 10.7 Å². The van der Waals surface area contributed by atoms with Crippen LogP contribution in [0.3, 0.4) is 0 Å². The summed E-state index contributed by atoms with van der Waals surface area (Å²) in [5.41, 5.74) is -1.15. The molecule has 21 heavy (non-hydrogen) atoms. The van der Waals surface area contributed by atoms with Crippen molar-refractivity contribution in [2.75, 3.05) is 5.75 Å². The van der Waals surface area contributed by atoms with E-state index in [-0.39, 0.29) is 16.0 Å². The Labute approximate surface area is 124 Å². The van der Waals surface area contributed by atoms with Crippen LogP contribution < -0.4 is 0 Å². The summed E-state index contributed by atoms with van der Waals surface area (Å²) in [4.78, 5) is 10.6. The Morgan fingerprint density at radius 3 is 2.62 bits per heavy atom. The van der Waals surface area contributed by atoms with E-state index in [0.29, 0.717) is 11.8 Å². The van der Waals surface area contributed by atoms with Crippen LogP contribution in [-0.2, 0) is 11.0 Å². The van der Waals surface area contributed by atoms with Crippen molar-refractivity contribution in [1.29, 1.82) is 0 Å². The number of hydrogen-bond acceptors (Lipinski definition) is 5. The standard InChI is InChI=1S/C10H6ClF3N4O2S/c11-6-1-2-7(16-15-6)18-8(21-4-9(19)20)3-5(17-18)10(12,13)14/h1-3H,4H2,(H,19,20). The maximum atomic E-state index is 12.7. The highest BCUT2D eigenvalue weighted by molar-refractivity contribution is 7.99. The summed E-state index contributed by atoms with van der Waals surface area (Å²) in [7, 11) is 0. The van der Waals surface area contributed by atoms with E-state index in [1.807, 2.05) is 0 Å². The Hall–Kier alpha value is -1.81. The molecule has 0 aliphatic heterocycles. The minimum absolute atomic E-state index is 0.00258. The van der Waals surface area contributed by atoms with Crippen molar-refractivity contribution in [2.45, 2.75) is 11.2 Å². The number of alkyl halides is 3. The molecule has 0 radical (unpaired) electrons. The van der Waals surface area contributed by atoms with Crippen LogP contribution in [0.2, 0.25) is 5.15 Å². The van der Waals surface area contributed by atoms with Crippen LogP contribution in [0.15, 0.2) is 23.2 Å². The number of carboxylic acid groups (broad SMARTS) is 1. The molecule has 0 aromatic carbocycles. The normalized spacial score (nSPS) is 11.6. The average Bonchev–Trinajstić information content (AvgIpc) is 2.81. The van der Waals surface area contributed by atoms with E-state index < -0.39 is 23.6 Å². The zero-order chi connectivity index (χ0) is 15.6. The quantitative estimate of drug-likeness (QED) is 0.863. The molecule has 0 fully saturated rings. The second-order valence-corrected chi connectivity index (χ2v) is 5.06. The molecule has 0 saturated carbocycles. The van der Waals surface area contributed by atoms with Crippen LogP contribution in [0.1, 0.15) is 5.69 Å². The predicted octanol–water partition coefficient (Wildman–Crippen LogP) is 2.51. The molecule has 0 bridgehead atoms. The smallest absolute Gasteiger partial charge is 0.435 e. The Bertz CT molecular complexity index is 659. The zero-order valence-corrected chi connectivity index (χ0v) is 11.6. The van der Waals surface area contributed by atoms with Crippen molar-refractivity contribution in [3.63, 3.8) is 0 Å². The van der Waals surface area contributed by atoms with E-state index >= 15 is 0 Å². The topological polar surface area (TPSA) is 80.9 Å². The van der Waals surface area contributed by atoms with Crippen molar-refractivity contribution >= 4 is 29.3 Å². The van der Waals surface area contributed by atoms with Crippen LogP contribution in [-0.4, -0.2) is 36.8 Å². The van der Waals surface area contributed by atoms with E-state index in [9.17, 15) is 18.0 Å². The van der Waals surface area contributed by atoms with Crippen molar-refractivity contribution < 1.29 is 23.1 Å². The summed E-state index contributed by atoms with van der Waals surface area (Å²) in [5.74, 6) is -1.57. The highest BCUT2D eigenvalue weighted by atomic mass is 35.5. The van der Waals surface area contributed by atoms with Gasteiger partial charge in [-0.25, -0.2) is 4.68 Å². The third-order valence-corrected chi connectivity index (χ3v) is 3.32. The fraction of sp³-hybridized carbons (Fsp3) is 0.200. The highest BCUT2D eigenvalue weighted by Gasteiger charge is 2.35. The summed E-state index contributed by atoms with van der Waals surface area (Å²) in [6.07, 6.45) is -4.65. The maximum Gasteiger partial charge on any atom is 0.435 e. The van der Waals surface area contributed by atoms with Gasteiger partial charge in [-0.05, 0) is 12.1 Å². The van der Waals surface area contributed by atoms with Gasteiger partial charge in [0.15, 0.2) is 16.7 Å². The molecule has 0 atom stereocenters. The number of carboxylic acids is 1. The molecule has 11 heteroatoms. The van der Waals surface area contributed by atoms with Gasteiger partial charge in [0.05, 0.1) is 5.75 Å². The minimum atomic E-state index is -4.65. The van der Waals surface area contributed by atoms with Gasteiger partial charge >= 0.3 is 12.1 Å². The predicted molar refractivity (Wildman–Crippen MR) is 67.5 cm³/mol. The minimum Gasteiger partial charge on any atom is -0.481 e. The Morgan fingerprint density at radius 1 is 1.38 bits per heavy atom. The van der Waals surface area contributed by atoms with Crippen molar-refractivity contribution in [3.8, 4) is 5.82 Å². The first-order chi connectivity index (χ1) is 9.77. The van der Waals surface area contributed by atoms with Gasteiger partial charge in [0.25, 0.3) is 0 Å². The number of halogens is 4. The molecule has 2 heterocycles. The Balaban J connectivity index is 2.43. The molecule has 6 nitrogen and oxygen atoms in total. The molecule has 2 aromatic heterocycles. The first-order valence-corrected chi connectivity index (χ1v) is 6.65. The molecular weight excluding hydrogens is 333 g/mol. The van der Waals surface area contributed by atoms with Crippen LogP contribution in [0, 0.1) is 0 Å². The van der Waals surface area contributed by atoms with Gasteiger partial charge < -0.3 is 5.11 Å². The highest BCUT2D eigenvalue weighted by Crippen LogP contribution is 2.32. The lowest BCUT2D eigenvalue weighted by atomic mass is 10.4. The molecule has 0 saturated heterocycles. The van der Waals surface area contributed by atoms with Crippen molar-refractivity contribution in [2.24, 2.45) is 0 Å². The maximum absolute atomic E-state index is 12.7. The molecule has 0 aliphatic rings. The molecule has 0 spiro atoms. The van der Waals surface area contributed by atoms with E-state index in [1.54, 1.807) is 0 Å². The first kappa shape index (κ1) is 15.6. The Kier molecular flexibility index (Phi) is 4.37. The lowest BCUT2D eigenvalue weighted by Gasteiger charge is -2.04. The van der Waals surface area contributed by atoms with Crippen molar-refractivity contribution in [3.05, 3.63) is 29.0 Å². The monoisotopic (exact) mass is 338 g/mol. The molecule has 0 aliphatic carbocycles. The number of rotatable bonds is 4. The van der Waals surface area contributed by atoms with Gasteiger partial charge in [0.1, 0.15) is 5.03 Å². The number of nitrogens with zero attached hydrogens (tertiary/aromatic N) is 4. The second kappa shape index (κ2) is 5.90. The summed E-state index contributed by atoms with van der Waals surface area (Å²) in [6, 6.07) is 3.42. The number of aromatic nitrogens is 4. The van der Waals surface area contributed by atoms with Crippen LogP contribution in [0.4, 0.5) is 13.2 Å². The molecule has 0 unspecified atom stereocenters. The van der Waals surface area contributed by atoms with E-state index in [2.05, 4.69) is 15.3 Å². The lowest BCUT2D eigenvalue weighted by Crippen LogP contribution is -2.08. The number of hydrogen-bond donors (Lipinski definition) is 1. The summed E-state index contributed by atoms with van der Waals surface area (Å²) >= 11 is 6.24. The van der Waals surface area contributed by atoms with Gasteiger partial charge in [-0.3, -0.25) is 4.79 Å². The molecule has 112 valence electrons. The van der Waals surface area contributed by atoms with Crippen LogP contribution in [0.25, 0.3) is 5.82 Å². The van der Waals surface area contributed by atoms with Gasteiger partial charge in [-0.2, -0.15) is 18.3 Å². The fourth-order valence-corrected chi connectivity index (χ4v) is 2.15. The number of carbonyl (C=O) groups is 1. The third-order valence-electron chi connectivity index (χ3n) is 2.15. The molecule has 2 aromatic rings. The van der Waals surface area contributed by atoms with E-state index in [4.69, 9.17) is 16.7 Å². The average molecular weight is 339 g/mol. The molecular formula is C10H6ClF3N4O2S. The third kappa shape index (κ3) is 3.85. The summed E-state index contributed by atoms with van der Waals surface area (Å²) in [6.45, 7) is 0. The molecule has 1 N–H and O–H groups in total.